The Balaban J connectivity index is 1.31. The molecule has 0 saturated carbocycles. The number of ether oxygens (including phenoxy) is 2. The first-order valence-corrected chi connectivity index (χ1v) is 14.0. The number of guanidine groups is 1. The van der Waals surface area contributed by atoms with E-state index in [-0.39, 0.29) is 18.5 Å². The second kappa shape index (κ2) is 12.5. The molecule has 0 aliphatic carbocycles. The van der Waals surface area contributed by atoms with Gasteiger partial charge in [0.1, 0.15) is 24.0 Å². The van der Waals surface area contributed by atoms with E-state index in [0.29, 0.717) is 42.1 Å². The molecule has 45 heavy (non-hydrogen) atoms. The Morgan fingerprint density at radius 3 is 2.58 bits per heavy atom. The van der Waals surface area contributed by atoms with Crippen LogP contribution in [0.1, 0.15) is 56.7 Å². The zero-order valence-corrected chi connectivity index (χ0v) is 24.6. The number of nitrogens with one attached hydrogen (secondary N) is 1. The standard InChI is InChI=1S/C31H30F3N5O6/c1-30(2,3)44-29(42)37-27(36-28(40)41)39-13-5-8-24(39)26-35-25(38-45-26)21-10-9-20-16-23(12-11-19(20)15-21)43-17-18-6-4-7-22(14-18)31(32,33)34/h4,6-7,9-12,14-16,24H,5,8,13,17H2,1-3H3,(H,40,41)(H,36,37,42)/t24-/m0/s1. The van der Waals surface area contributed by atoms with E-state index in [9.17, 15) is 27.9 Å². The van der Waals surface area contributed by atoms with Gasteiger partial charge in [0, 0.05) is 12.1 Å². The zero-order chi connectivity index (χ0) is 32.4. The van der Waals surface area contributed by atoms with Gasteiger partial charge in [-0.15, -0.1) is 4.99 Å². The first-order chi connectivity index (χ1) is 21.2. The molecule has 14 heteroatoms. The summed E-state index contributed by atoms with van der Waals surface area (Å²) in [4.78, 5) is 33.8. The van der Waals surface area contributed by atoms with Crippen molar-refractivity contribution in [1.82, 2.24) is 20.4 Å². The van der Waals surface area contributed by atoms with Crippen LogP contribution in [0.2, 0.25) is 0 Å². The van der Waals surface area contributed by atoms with Crippen LogP contribution in [0.15, 0.2) is 70.2 Å². The Morgan fingerprint density at radius 2 is 1.84 bits per heavy atom. The van der Waals surface area contributed by atoms with E-state index < -0.39 is 35.6 Å². The number of benzene rings is 3. The van der Waals surface area contributed by atoms with Crippen molar-refractivity contribution in [2.24, 2.45) is 4.99 Å². The van der Waals surface area contributed by atoms with Gasteiger partial charge in [-0.3, -0.25) is 5.32 Å². The van der Waals surface area contributed by atoms with Crippen molar-refractivity contribution < 1.29 is 41.9 Å². The van der Waals surface area contributed by atoms with E-state index in [2.05, 4.69) is 20.4 Å². The second-order valence-electron chi connectivity index (χ2n) is 11.4. The summed E-state index contributed by atoms with van der Waals surface area (Å²) in [6.45, 7) is 5.39. The molecule has 2 amide bonds. The average Bonchev–Trinajstić information content (AvgIpc) is 3.64. The predicted molar refractivity (Wildman–Crippen MR) is 157 cm³/mol. The van der Waals surface area contributed by atoms with E-state index in [0.717, 1.165) is 22.9 Å². The molecule has 4 aromatic rings. The van der Waals surface area contributed by atoms with Crippen LogP contribution in [-0.2, 0) is 17.5 Å². The van der Waals surface area contributed by atoms with E-state index in [4.69, 9.17) is 14.0 Å². The molecule has 1 aliphatic heterocycles. The van der Waals surface area contributed by atoms with Crippen molar-refractivity contribution in [2.75, 3.05) is 6.54 Å². The molecule has 0 spiro atoms. The molecule has 5 rings (SSSR count). The van der Waals surface area contributed by atoms with Gasteiger partial charge in [-0.1, -0.05) is 35.5 Å². The minimum Gasteiger partial charge on any atom is -0.489 e. The summed E-state index contributed by atoms with van der Waals surface area (Å²) >= 11 is 0. The number of carboxylic acid groups (broad SMARTS) is 1. The van der Waals surface area contributed by atoms with Gasteiger partial charge in [-0.2, -0.15) is 18.2 Å². The average molecular weight is 626 g/mol. The number of carbonyl (C=O) groups is 2. The highest BCUT2D eigenvalue weighted by Crippen LogP contribution is 2.34. The SMILES string of the molecule is CC(C)(C)OC(=O)N=C(NC(=O)O)N1CCC[C@H]1c1nc(-c2ccc3cc(OCc4cccc(C(F)(F)F)c4)ccc3c2)no1. The summed E-state index contributed by atoms with van der Waals surface area (Å²) in [5.41, 5.74) is -0.491. The highest BCUT2D eigenvalue weighted by atomic mass is 19.4. The van der Waals surface area contributed by atoms with Crippen LogP contribution in [0, 0.1) is 0 Å². The molecule has 0 unspecified atom stereocenters. The predicted octanol–water partition coefficient (Wildman–Crippen LogP) is 7.18. The highest BCUT2D eigenvalue weighted by molar-refractivity contribution is 5.98. The van der Waals surface area contributed by atoms with Crippen LogP contribution in [0.25, 0.3) is 22.2 Å². The Kier molecular flexibility index (Phi) is 8.66. The van der Waals surface area contributed by atoms with Gasteiger partial charge in [-0.25, -0.2) is 9.59 Å². The number of hydrogen-bond donors (Lipinski definition) is 2. The summed E-state index contributed by atoms with van der Waals surface area (Å²) in [5, 5.41) is 17.3. The Labute approximate surface area is 255 Å². The lowest BCUT2D eigenvalue weighted by Crippen LogP contribution is -2.44. The van der Waals surface area contributed by atoms with Crippen LogP contribution in [0.4, 0.5) is 22.8 Å². The molecule has 236 valence electrons. The molecule has 0 bridgehead atoms. The maximum atomic E-state index is 13.0. The summed E-state index contributed by atoms with van der Waals surface area (Å²) in [7, 11) is 0. The number of aromatic nitrogens is 2. The Morgan fingerprint density at radius 1 is 1.09 bits per heavy atom. The number of nitrogens with zero attached hydrogens (tertiary/aromatic N) is 4. The number of halogens is 3. The quantitative estimate of drug-likeness (QED) is 0.174. The summed E-state index contributed by atoms with van der Waals surface area (Å²) < 4.78 is 55.6. The molecule has 3 aromatic carbocycles. The van der Waals surface area contributed by atoms with Crippen molar-refractivity contribution in [3.63, 3.8) is 0 Å². The molecule has 1 fully saturated rings. The summed E-state index contributed by atoms with van der Waals surface area (Å²) in [6, 6.07) is 15.3. The van der Waals surface area contributed by atoms with Crippen LogP contribution < -0.4 is 10.1 Å². The fourth-order valence-electron chi connectivity index (χ4n) is 4.85. The molecule has 1 saturated heterocycles. The molecule has 2 heterocycles. The number of fused-ring (bicyclic) bond motifs is 1. The van der Waals surface area contributed by atoms with Gasteiger partial charge < -0.3 is 24.0 Å². The van der Waals surface area contributed by atoms with Crippen molar-refractivity contribution >= 4 is 28.9 Å². The van der Waals surface area contributed by atoms with E-state index in [1.54, 1.807) is 49.9 Å². The number of likely N-dealkylation sites (tertiary alicyclic amines) is 1. The van der Waals surface area contributed by atoms with Gasteiger partial charge in [0.15, 0.2) is 0 Å². The summed E-state index contributed by atoms with van der Waals surface area (Å²) in [5.74, 6) is 0.830. The van der Waals surface area contributed by atoms with Gasteiger partial charge in [0.05, 0.1) is 5.56 Å². The lowest BCUT2D eigenvalue weighted by molar-refractivity contribution is -0.137. The lowest BCUT2D eigenvalue weighted by Gasteiger charge is -2.25. The third-order valence-electron chi connectivity index (χ3n) is 6.79. The first-order valence-electron chi connectivity index (χ1n) is 14.0. The molecule has 1 aromatic heterocycles. The fourth-order valence-corrected chi connectivity index (χ4v) is 4.85. The molecule has 11 nitrogen and oxygen atoms in total. The second-order valence-corrected chi connectivity index (χ2v) is 11.4. The van der Waals surface area contributed by atoms with Crippen molar-refractivity contribution in [1.29, 1.82) is 0 Å². The minimum atomic E-state index is -4.43. The number of aliphatic imine (C=N–C) groups is 1. The number of carbonyl (C=O) groups excluding carboxylic acids is 1. The maximum absolute atomic E-state index is 13.0. The minimum absolute atomic E-state index is 0.0243. The van der Waals surface area contributed by atoms with Crippen LogP contribution in [0.5, 0.6) is 5.75 Å². The van der Waals surface area contributed by atoms with Crippen molar-refractivity contribution in [3.05, 3.63) is 77.7 Å². The largest absolute Gasteiger partial charge is 0.489 e. The van der Waals surface area contributed by atoms with Crippen LogP contribution in [-0.4, -0.2) is 50.4 Å². The third-order valence-corrected chi connectivity index (χ3v) is 6.79. The molecular formula is C31H30F3N5O6. The van der Waals surface area contributed by atoms with Crippen LogP contribution >= 0.6 is 0 Å². The van der Waals surface area contributed by atoms with E-state index in [1.807, 2.05) is 18.2 Å². The van der Waals surface area contributed by atoms with E-state index in [1.165, 1.54) is 6.07 Å². The van der Waals surface area contributed by atoms with Gasteiger partial charge in [0.2, 0.25) is 17.7 Å². The fraction of sp³-hybridized carbons (Fsp3) is 0.323. The molecule has 0 radical (unpaired) electrons. The normalized spacial score (nSPS) is 15.7. The molecule has 2 N–H and O–H groups in total. The smallest absolute Gasteiger partial charge is 0.437 e. The number of amides is 2. The van der Waals surface area contributed by atoms with Crippen molar-refractivity contribution in [2.45, 2.75) is 58.0 Å². The Hall–Kier alpha value is -5.14. The Bertz CT molecular complexity index is 1750. The maximum Gasteiger partial charge on any atom is 0.437 e. The monoisotopic (exact) mass is 625 g/mol. The molecular weight excluding hydrogens is 595 g/mol. The van der Waals surface area contributed by atoms with Crippen molar-refractivity contribution in [3.8, 4) is 17.1 Å². The number of hydrogen-bond acceptors (Lipinski definition) is 7. The lowest BCUT2D eigenvalue weighted by atomic mass is 10.1. The van der Waals surface area contributed by atoms with Gasteiger partial charge in [0.25, 0.3) is 0 Å². The van der Waals surface area contributed by atoms with E-state index >= 15 is 0 Å². The van der Waals surface area contributed by atoms with Gasteiger partial charge in [-0.05, 0) is 80.3 Å². The van der Waals surface area contributed by atoms with Crippen LogP contribution in [0.3, 0.4) is 0 Å². The first kappa shape index (κ1) is 31.3. The molecule has 1 atom stereocenters. The molecule has 1 aliphatic rings. The highest BCUT2D eigenvalue weighted by Gasteiger charge is 2.35. The zero-order valence-electron chi connectivity index (χ0n) is 24.6. The number of alkyl halides is 3. The third kappa shape index (κ3) is 7.88. The number of rotatable bonds is 5. The summed E-state index contributed by atoms with van der Waals surface area (Å²) in [6.07, 6.45) is -5.55. The van der Waals surface area contributed by atoms with Gasteiger partial charge >= 0.3 is 18.4 Å². The topological polar surface area (TPSA) is 139 Å².